The molecule has 2 aliphatic heterocycles. The van der Waals surface area contributed by atoms with Crippen LogP contribution in [0.3, 0.4) is 0 Å². The fraction of sp³-hybridized carbons (Fsp3) is 0.900. The van der Waals surface area contributed by atoms with Crippen LogP contribution in [0.25, 0.3) is 0 Å². The highest BCUT2D eigenvalue weighted by atomic mass is 16.7. The minimum Gasteiger partial charge on any atom is -0.458 e. The summed E-state index contributed by atoms with van der Waals surface area (Å²) in [4.78, 5) is 11.8. The molecule has 39 heavy (non-hydrogen) atoms. The summed E-state index contributed by atoms with van der Waals surface area (Å²) in [6.07, 6.45) is 2.74. The van der Waals surface area contributed by atoms with E-state index in [1.165, 1.54) is 7.11 Å². The molecule has 0 unspecified atom stereocenters. The summed E-state index contributed by atoms with van der Waals surface area (Å²) in [7, 11) is 1.45. The van der Waals surface area contributed by atoms with Crippen LogP contribution < -0.4 is 0 Å². The van der Waals surface area contributed by atoms with Gasteiger partial charge in [0.1, 0.15) is 24.9 Å². The number of ether oxygens (including phenoxy) is 4. The molecule has 14 atom stereocenters. The normalized spacial score (nSPS) is 55.3. The van der Waals surface area contributed by atoms with Gasteiger partial charge in [-0.1, -0.05) is 13.8 Å². The second kappa shape index (κ2) is 9.75. The molecule has 0 spiro atoms. The first-order chi connectivity index (χ1) is 18.4. The molecule has 0 aromatic heterocycles. The standard InChI is InChI=1S/C30H46O9/c1-15-24(33)26(36-4)25(34)27(38-15)39-18-12-17-5-6-21-20(29(17,3)22(31)13-18)7-9-28(2)19(8-10-30(21,28)35)16-11-23(32)37-14-16/h11,15,17-22,24-27,31,33-35H,5-10,12-14H2,1-4H3/t15-,17+,18+,19+,20-,21+,22+,24-,25-,26+,27-,28+,29-,30-/m0/s1. The van der Waals surface area contributed by atoms with Gasteiger partial charge in [-0.2, -0.15) is 0 Å². The molecular formula is C30H46O9. The van der Waals surface area contributed by atoms with E-state index in [4.69, 9.17) is 18.9 Å². The Kier molecular flexibility index (Phi) is 7.02. The van der Waals surface area contributed by atoms with E-state index in [-0.39, 0.29) is 46.6 Å². The Morgan fingerprint density at radius 1 is 1.00 bits per heavy atom. The van der Waals surface area contributed by atoms with E-state index in [1.807, 2.05) is 0 Å². The molecule has 0 radical (unpaired) electrons. The summed E-state index contributed by atoms with van der Waals surface area (Å²) in [6, 6.07) is 0. The van der Waals surface area contributed by atoms with E-state index in [9.17, 15) is 25.2 Å². The van der Waals surface area contributed by atoms with E-state index in [0.717, 1.165) is 44.1 Å². The molecule has 1 saturated heterocycles. The Labute approximate surface area is 230 Å². The van der Waals surface area contributed by atoms with Crippen molar-refractivity contribution < 1.29 is 44.2 Å². The van der Waals surface area contributed by atoms with Crippen LogP contribution >= 0.6 is 0 Å². The van der Waals surface area contributed by atoms with Gasteiger partial charge in [-0.3, -0.25) is 0 Å². The minimum atomic E-state index is -1.13. The summed E-state index contributed by atoms with van der Waals surface area (Å²) in [5.41, 5.74) is -0.455. The van der Waals surface area contributed by atoms with Crippen molar-refractivity contribution in [3.63, 3.8) is 0 Å². The molecule has 2 heterocycles. The van der Waals surface area contributed by atoms with Gasteiger partial charge in [-0.15, -0.1) is 0 Å². The third-order valence-electron chi connectivity index (χ3n) is 12.4. The van der Waals surface area contributed by atoms with Crippen molar-refractivity contribution in [2.24, 2.45) is 34.5 Å². The maximum absolute atomic E-state index is 12.4. The number of fused-ring (bicyclic) bond motifs is 5. The van der Waals surface area contributed by atoms with Crippen LogP contribution in [0.2, 0.25) is 0 Å². The third-order valence-corrected chi connectivity index (χ3v) is 12.4. The van der Waals surface area contributed by atoms with Crippen molar-refractivity contribution in [2.75, 3.05) is 13.7 Å². The summed E-state index contributed by atoms with van der Waals surface area (Å²) in [5.74, 6) is 0.393. The van der Waals surface area contributed by atoms with Gasteiger partial charge in [0.25, 0.3) is 0 Å². The third kappa shape index (κ3) is 4.02. The minimum absolute atomic E-state index is 0.0986. The molecule has 9 nitrogen and oxygen atoms in total. The number of rotatable bonds is 4. The van der Waals surface area contributed by atoms with Crippen LogP contribution in [-0.2, 0) is 23.7 Å². The number of aliphatic hydroxyl groups excluding tert-OH is 3. The summed E-state index contributed by atoms with van der Waals surface area (Å²) >= 11 is 0. The highest BCUT2D eigenvalue weighted by molar-refractivity contribution is 5.85. The lowest BCUT2D eigenvalue weighted by Gasteiger charge is -2.64. The van der Waals surface area contributed by atoms with Crippen LogP contribution in [0.4, 0.5) is 0 Å². The zero-order valence-corrected chi connectivity index (χ0v) is 23.6. The number of esters is 1. The van der Waals surface area contributed by atoms with Gasteiger partial charge in [-0.05, 0) is 86.5 Å². The number of carbonyl (C=O) groups is 1. The fourth-order valence-electron chi connectivity index (χ4n) is 10.1. The molecular weight excluding hydrogens is 504 g/mol. The maximum Gasteiger partial charge on any atom is 0.331 e. The van der Waals surface area contributed by atoms with Crippen molar-refractivity contribution in [1.29, 1.82) is 0 Å². The quantitative estimate of drug-likeness (QED) is 0.307. The highest BCUT2D eigenvalue weighted by Crippen LogP contribution is 2.70. The van der Waals surface area contributed by atoms with Gasteiger partial charge >= 0.3 is 5.97 Å². The van der Waals surface area contributed by atoms with Crippen LogP contribution in [0.1, 0.15) is 72.1 Å². The molecule has 4 saturated carbocycles. The molecule has 4 aliphatic carbocycles. The maximum atomic E-state index is 12.4. The molecule has 0 amide bonds. The van der Waals surface area contributed by atoms with Gasteiger partial charge in [0.15, 0.2) is 6.29 Å². The topological polar surface area (TPSA) is 135 Å². The molecule has 9 heteroatoms. The largest absolute Gasteiger partial charge is 0.458 e. The molecule has 220 valence electrons. The molecule has 5 fully saturated rings. The number of hydrogen-bond donors (Lipinski definition) is 4. The summed E-state index contributed by atoms with van der Waals surface area (Å²) in [6.45, 7) is 6.49. The Bertz CT molecular complexity index is 1000. The molecule has 4 N–H and O–H groups in total. The van der Waals surface area contributed by atoms with E-state index >= 15 is 0 Å². The van der Waals surface area contributed by atoms with Gasteiger partial charge in [-0.25, -0.2) is 4.79 Å². The number of methoxy groups -OCH3 is 1. The number of carbonyl (C=O) groups excluding carboxylic acids is 1. The molecule has 0 bridgehead atoms. The predicted octanol–water partition coefficient (Wildman–Crippen LogP) is 2.08. The first-order valence-electron chi connectivity index (χ1n) is 14.9. The smallest absolute Gasteiger partial charge is 0.331 e. The first kappa shape index (κ1) is 28.1. The molecule has 6 aliphatic rings. The van der Waals surface area contributed by atoms with E-state index in [0.29, 0.717) is 19.4 Å². The SMILES string of the molecule is CO[C@H]1[C@H](O)[C@H](O[C@@H]2C[C@H]3CC[C@@H]4[C@H](CC[C@]5(C)[C@@H](C6=CC(=O)OC6)CC[C@]45O)[C@@]3(C)[C@H](O)C2)O[C@@H](C)[C@@H]1O. The van der Waals surface area contributed by atoms with E-state index in [2.05, 4.69) is 13.8 Å². The highest BCUT2D eigenvalue weighted by Gasteiger charge is 2.69. The van der Waals surface area contributed by atoms with Crippen LogP contribution in [0, 0.1) is 34.5 Å². The van der Waals surface area contributed by atoms with Crippen molar-refractivity contribution >= 4 is 5.97 Å². The fourth-order valence-corrected chi connectivity index (χ4v) is 10.1. The average molecular weight is 551 g/mol. The Morgan fingerprint density at radius 2 is 1.77 bits per heavy atom. The van der Waals surface area contributed by atoms with E-state index < -0.39 is 42.4 Å². The Balaban J connectivity index is 1.19. The summed E-state index contributed by atoms with van der Waals surface area (Å²) < 4.78 is 22.6. The van der Waals surface area contributed by atoms with Gasteiger partial charge in [0.2, 0.25) is 0 Å². The van der Waals surface area contributed by atoms with Crippen LogP contribution in [0.5, 0.6) is 0 Å². The van der Waals surface area contributed by atoms with Crippen LogP contribution in [-0.4, -0.2) is 88.6 Å². The monoisotopic (exact) mass is 550 g/mol. The summed E-state index contributed by atoms with van der Waals surface area (Å²) in [5, 5.41) is 45.2. The van der Waals surface area contributed by atoms with Gasteiger partial charge in [0, 0.05) is 25.0 Å². The van der Waals surface area contributed by atoms with Crippen molar-refractivity contribution in [2.45, 2.75) is 121 Å². The second-order valence-electron chi connectivity index (χ2n) is 13.8. The van der Waals surface area contributed by atoms with Gasteiger partial charge < -0.3 is 39.4 Å². The van der Waals surface area contributed by atoms with Crippen LogP contribution in [0.15, 0.2) is 11.6 Å². The van der Waals surface area contributed by atoms with Gasteiger partial charge in [0.05, 0.1) is 23.9 Å². The lowest BCUT2D eigenvalue weighted by Crippen LogP contribution is -2.65. The second-order valence-corrected chi connectivity index (χ2v) is 13.8. The zero-order valence-electron chi connectivity index (χ0n) is 23.6. The van der Waals surface area contributed by atoms with Crippen molar-refractivity contribution in [3.05, 3.63) is 11.6 Å². The van der Waals surface area contributed by atoms with Crippen molar-refractivity contribution in [1.82, 2.24) is 0 Å². The molecule has 6 rings (SSSR count). The van der Waals surface area contributed by atoms with Crippen molar-refractivity contribution in [3.8, 4) is 0 Å². The number of cyclic esters (lactones) is 1. The Hall–Kier alpha value is -1.07. The predicted molar refractivity (Wildman–Crippen MR) is 139 cm³/mol. The average Bonchev–Trinajstić information content (AvgIpc) is 3.43. The lowest BCUT2D eigenvalue weighted by molar-refractivity contribution is -0.317. The first-order valence-corrected chi connectivity index (χ1v) is 14.9. The number of hydrogen-bond acceptors (Lipinski definition) is 9. The van der Waals surface area contributed by atoms with E-state index in [1.54, 1.807) is 13.0 Å². The number of aliphatic hydroxyl groups is 4. The Morgan fingerprint density at radius 3 is 2.46 bits per heavy atom. The zero-order chi connectivity index (χ0) is 27.9. The molecule has 0 aromatic carbocycles. The lowest BCUT2D eigenvalue weighted by atomic mass is 9.42. The molecule has 0 aromatic rings.